The van der Waals surface area contributed by atoms with Crippen LogP contribution in [0.1, 0.15) is 28.6 Å². The number of pyridine rings is 1. The number of aliphatic hydroxyl groups excluding tert-OH is 1. The Bertz CT molecular complexity index is 1810. The summed E-state index contributed by atoms with van der Waals surface area (Å²) in [6, 6.07) is 15.1. The van der Waals surface area contributed by atoms with Crippen molar-refractivity contribution in [1.29, 1.82) is 0 Å². The first-order valence-electron chi connectivity index (χ1n) is 11.7. The maximum Gasteiger partial charge on any atom is 0.301 e. The summed E-state index contributed by atoms with van der Waals surface area (Å²) in [4.78, 5) is 37.7. The molecule has 3 aromatic heterocycles. The smallest absolute Gasteiger partial charge is 0.301 e. The minimum atomic E-state index is -0.931. The molecule has 190 valence electrons. The number of ketones is 1. The summed E-state index contributed by atoms with van der Waals surface area (Å²) in [5.41, 5.74) is 3.66. The average Bonchev–Trinajstić information content (AvgIpc) is 3.56. The van der Waals surface area contributed by atoms with Crippen LogP contribution in [0.15, 0.2) is 66.4 Å². The lowest BCUT2D eigenvalue weighted by Gasteiger charge is -2.22. The number of anilines is 1. The lowest BCUT2D eigenvalue weighted by molar-refractivity contribution is -0.132. The normalized spacial score (nSPS) is 17.2. The van der Waals surface area contributed by atoms with Crippen molar-refractivity contribution in [2.24, 2.45) is 0 Å². The zero-order chi connectivity index (χ0) is 26.7. The van der Waals surface area contributed by atoms with E-state index in [1.807, 2.05) is 42.6 Å². The highest BCUT2D eigenvalue weighted by Gasteiger charge is 2.48. The Labute approximate surface area is 226 Å². The Kier molecular flexibility index (Phi) is 5.70. The Balaban J connectivity index is 1.58. The number of Topliss-reactive ketones (excluding diaryl/α,β-unsaturated/α-hetero) is 1. The topological polar surface area (TPSA) is 97.0 Å². The van der Waals surface area contributed by atoms with Crippen LogP contribution in [0.25, 0.3) is 21.6 Å². The predicted molar refractivity (Wildman–Crippen MR) is 147 cm³/mol. The van der Waals surface area contributed by atoms with Crippen LogP contribution in [0.4, 0.5) is 5.13 Å². The van der Waals surface area contributed by atoms with Crippen molar-refractivity contribution in [1.82, 2.24) is 14.4 Å². The Morgan fingerprint density at radius 3 is 2.55 bits per heavy atom. The molecule has 5 aromatic rings. The van der Waals surface area contributed by atoms with E-state index in [4.69, 9.17) is 16.3 Å². The number of hydrogen-bond donors (Lipinski definition) is 1. The molecule has 8 nitrogen and oxygen atoms in total. The van der Waals surface area contributed by atoms with Gasteiger partial charge in [0.2, 0.25) is 0 Å². The van der Waals surface area contributed by atoms with Gasteiger partial charge < -0.3 is 14.2 Å². The average molecular weight is 545 g/mol. The van der Waals surface area contributed by atoms with Crippen molar-refractivity contribution < 1.29 is 19.4 Å². The molecule has 1 aliphatic heterocycles. The fourth-order valence-electron chi connectivity index (χ4n) is 4.79. The number of amides is 1. The zero-order valence-electron chi connectivity index (χ0n) is 20.6. The maximum atomic E-state index is 13.6. The molecule has 10 heteroatoms. The molecular weight excluding hydrogens is 524 g/mol. The molecule has 0 spiro atoms. The maximum absolute atomic E-state index is 13.6. The van der Waals surface area contributed by atoms with Crippen LogP contribution in [0, 0.1) is 13.8 Å². The number of hydrogen-bond acceptors (Lipinski definition) is 7. The van der Waals surface area contributed by atoms with Gasteiger partial charge in [0.05, 0.1) is 34.6 Å². The number of fused-ring (bicyclic) bond motifs is 2. The third-order valence-corrected chi connectivity index (χ3v) is 8.00. The number of imidazole rings is 1. The third kappa shape index (κ3) is 3.66. The fourth-order valence-corrected chi connectivity index (χ4v) is 5.93. The van der Waals surface area contributed by atoms with Crippen LogP contribution < -0.4 is 9.64 Å². The van der Waals surface area contributed by atoms with Crippen molar-refractivity contribution in [3.63, 3.8) is 0 Å². The van der Waals surface area contributed by atoms with E-state index < -0.39 is 17.7 Å². The summed E-state index contributed by atoms with van der Waals surface area (Å²) >= 11 is 7.40. The number of nitrogens with zero attached hydrogens (tertiary/aromatic N) is 4. The van der Waals surface area contributed by atoms with Gasteiger partial charge in [0.25, 0.3) is 5.78 Å². The number of thiazole rings is 1. The Morgan fingerprint density at radius 1 is 1.08 bits per heavy atom. The molecule has 2 aromatic carbocycles. The number of ether oxygens (including phenoxy) is 1. The third-order valence-electron chi connectivity index (χ3n) is 6.73. The van der Waals surface area contributed by atoms with E-state index >= 15 is 0 Å². The minimum Gasteiger partial charge on any atom is -0.505 e. The minimum absolute atomic E-state index is 0.0571. The molecule has 6 rings (SSSR count). The van der Waals surface area contributed by atoms with Crippen molar-refractivity contribution in [3.05, 3.63) is 93.9 Å². The van der Waals surface area contributed by atoms with Gasteiger partial charge in [-0.25, -0.2) is 9.97 Å². The van der Waals surface area contributed by atoms with E-state index in [0.717, 1.165) is 10.3 Å². The standard InChI is InChI=1S/C28H21ClN4O4S/c1-14-5-4-12-32-15(2)22(31-26(14)32)24(34)21-23(16-6-8-17(29)9-7-16)33(27(36)25(21)35)28-30-19-11-10-18(37-3)13-20(19)38-28/h4-13,23,34H,1-3H3. The molecule has 1 saturated heterocycles. The summed E-state index contributed by atoms with van der Waals surface area (Å²) in [7, 11) is 1.57. The van der Waals surface area contributed by atoms with E-state index in [-0.39, 0.29) is 17.0 Å². The SMILES string of the molecule is COc1ccc2nc(N3C(=O)C(=O)C(=C(O)c4nc5c(C)cccn5c4C)C3c3ccc(Cl)cc3)sc2c1. The first kappa shape index (κ1) is 24.1. The van der Waals surface area contributed by atoms with E-state index in [0.29, 0.717) is 38.3 Å². The molecule has 0 saturated carbocycles. The summed E-state index contributed by atoms with van der Waals surface area (Å²) in [5.74, 6) is -1.28. The summed E-state index contributed by atoms with van der Waals surface area (Å²) in [6.07, 6.45) is 1.84. The second kappa shape index (κ2) is 8.97. The molecule has 1 fully saturated rings. The second-order valence-corrected chi connectivity index (χ2v) is 10.4. The van der Waals surface area contributed by atoms with Gasteiger partial charge in [-0.3, -0.25) is 14.5 Å². The van der Waals surface area contributed by atoms with Crippen molar-refractivity contribution in [2.45, 2.75) is 19.9 Å². The molecule has 1 amide bonds. The first-order valence-corrected chi connectivity index (χ1v) is 12.9. The van der Waals surface area contributed by atoms with Crippen LogP contribution in [0.5, 0.6) is 5.75 Å². The number of carbonyl (C=O) groups is 2. The number of benzene rings is 2. The monoisotopic (exact) mass is 544 g/mol. The highest BCUT2D eigenvalue weighted by molar-refractivity contribution is 7.22. The Hall–Kier alpha value is -4.21. The van der Waals surface area contributed by atoms with Crippen LogP contribution in [0.2, 0.25) is 5.02 Å². The largest absolute Gasteiger partial charge is 0.505 e. The summed E-state index contributed by atoms with van der Waals surface area (Å²) in [5, 5.41) is 12.4. The van der Waals surface area contributed by atoms with E-state index in [1.54, 1.807) is 43.5 Å². The number of methoxy groups -OCH3 is 1. The molecule has 1 aliphatic rings. The predicted octanol–water partition coefficient (Wildman–Crippen LogP) is 5.85. The second-order valence-electron chi connectivity index (χ2n) is 8.98. The summed E-state index contributed by atoms with van der Waals surface area (Å²) < 4.78 is 7.96. The molecule has 4 heterocycles. The summed E-state index contributed by atoms with van der Waals surface area (Å²) in [6.45, 7) is 3.73. The van der Waals surface area contributed by atoms with Crippen LogP contribution in [0.3, 0.4) is 0 Å². The van der Waals surface area contributed by atoms with E-state index in [1.165, 1.54) is 16.2 Å². The van der Waals surface area contributed by atoms with Crippen LogP contribution >= 0.6 is 22.9 Å². The van der Waals surface area contributed by atoms with Gasteiger partial charge in [0, 0.05) is 11.2 Å². The Morgan fingerprint density at radius 2 is 1.84 bits per heavy atom. The fraction of sp³-hybridized carbons (Fsp3) is 0.143. The number of aromatic nitrogens is 3. The van der Waals surface area contributed by atoms with Crippen LogP contribution in [-0.2, 0) is 9.59 Å². The van der Waals surface area contributed by atoms with Gasteiger partial charge in [-0.15, -0.1) is 0 Å². The zero-order valence-corrected chi connectivity index (χ0v) is 22.2. The van der Waals surface area contributed by atoms with Gasteiger partial charge in [-0.1, -0.05) is 41.1 Å². The number of carbonyl (C=O) groups excluding carboxylic acids is 2. The number of rotatable bonds is 4. The molecule has 38 heavy (non-hydrogen) atoms. The molecular formula is C28H21ClN4O4S. The van der Waals surface area contributed by atoms with Crippen molar-refractivity contribution in [3.8, 4) is 5.75 Å². The molecule has 1 unspecified atom stereocenters. The number of aryl methyl sites for hydroxylation is 2. The highest BCUT2D eigenvalue weighted by Crippen LogP contribution is 2.45. The molecule has 0 bridgehead atoms. The van der Waals surface area contributed by atoms with E-state index in [9.17, 15) is 14.7 Å². The van der Waals surface area contributed by atoms with Gasteiger partial charge in [-0.2, -0.15) is 0 Å². The van der Waals surface area contributed by atoms with Gasteiger partial charge >= 0.3 is 5.91 Å². The molecule has 0 aliphatic carbocycles. The lowest BCUT2D eigenvalue weighted by atomic mass is 9.96. The van der Waals surface area contributed by atoms with Gasteiger partial charge in [0.1, 0.15) is 17.1 Å². The van der Waals surface area contributed by atoms with Crippen molar-refractivity contribution in [2.75, 3.05) is 12.0 Å². The van der Waals surface area contributed by atoms with Crippen molar-refractivity contribution >= 4 is 61.4 Å². The van der Waals surface area contributed by atoms with Crippen LogP contribution in [-0.4, -0.2) is 38.3 Å². The van der Waals surface area contributed by atoms with Gasteiger partial charge in [0.15, 0.2) is 10.9 Å². The quantitative estimate of drug-likeness (QED) is 0.173. The molecule has 0 radical (unpaired) electrons. The molecule has 1 atom stereocenters. The highest BCUT2D eigenvalue weighted by atomic mass is 35.5. The van der Waals surface area contributed by atoms with E-state index in [2.05, 4.69) is 9.97 Å². The number of aliphatic hydroxyl groups is 1. The lowest BCUT2D eigenvalue weighted by Crippen LogP contribution is -2.29. The number of halogens is 1. The molecule has 1 N–H and O–H groups in total. The van der Waals surface area contributed by atoms with Gasteiger partial charge in [-0.05, 0) is 61.4 Å². The first-order chi connectivity index (χ1) is 18.3.